The number of nitrogens with two attached hydrogens (primary N) is 1. The second kappa shape index (κ2) is 5.33. The van der Waals surface area contributed by atoms with Gasteiger partial charge in [0.25, 0.3) is 0 Å². The van der Waals surface area contributed by atoms with Crippen molar-refractivity contribution in [3.8, 4) is 0 Å². The number of amides is 1. The van der Waals surface area contributed by atoms with Crippen LogP contribution in [0.4, 0.5) is 0 Å². The molecule has 19 heavy (non-hydrogen) atoms. The Bertz CT molecular complexity index is 478. The first-order chi connectivity index (χ1) is 8.95. The van der Waals surface area contributed by atoms with E-state index in [1.165, 1.54) is 11.3 Å². The summed E-state index contributed by atoms with van der Waals surface area (Å²) in [5, 5.41) is 4.60. The molecule has 0 spiro atoms. The summed E-state index contributed by atoms with van der Waals surface area (Å²) >= 11 is 0. The highest BCUT2D eigenvalue weighted by molar-refractivity contribution is 5.81. The maximum absolute atomic E-state index is 12.2. The van der Waals surface area contributed by atoms with Crippen LogP contribution in [0.2, 0.25) is 0 Å². The standard InChI is InChI=1S/C14H24N4O/c1-5-11(15)14(19)18-7-6-12-10(8-18)13(9(2)3)16-17(12)4/h9,11H,5-8,15H2,1-4H3. The lowest BCUT2D eigenvalue weighted by molar-refractivity contribution is -0.133. The Morgan fingerprint density at radius 3 is 2.74 bits per heavy atom. The molecule has 2 rings (SSSR count). The number of carbonyl (C=O) groups is 1. The molecule has 1 amide bonds. The highest BCUT2D eigenvalue weighted by atomic mass is 16.2. The van der Waals surface area contributed by atoms with Crippen molar-refractivity contribution in [3.05, 3.63) is 17.0 Å². The number of rotatable bonds is 3. The zero-order valence-corrected chi connectivity index (χ0v) is 12.3. The number of aryl methyl sites for hydroxylation is 1. The molecule has 0 saturated carbocycles. The first-order valence-corrected chi connectivity index (χ1v) is 7.04. The van der Waals surface area contributed by atoms with E-state index < -0.39 is 0 Å². The van der Waals surface area contributed by atoms with E-state index in [9.17, 15) is 4.79 Å². The van der Waals surface area contributed by atoms with Gasteiger partial charge in [-0.2, -0.15) is 5.10 Å². The molecular formula is C14H24N4O. The summed E-state index contributed by atoms with van der Waals surface area (Å²) < 4.78 is 1.96. The van der Waals surface area contributed by atoms with Crippen molar-refractivity contribution in [3.63, 3.8) is 0 Å². The molecule has 1 unspecified atom stereocenters. The fourth-order valence-corrected chi connectivity index (χ4v) is 2.68. The van der Waals surface area contributed by atoms with Crippen molar-refractivity contribution in [1.82, 2.24) is 14.7 Å². The van der Waals surface area contributed by atoms with Crippen LogP contribution in [-0.4, -0.2) is 33.2 Å². The first-order valence-electron chi connectivity index (χ1n) is 7.04. The van der Waals surface area contributed by atoms with E-state index in [1.54, 1.807) is 0 Å². The molecule has 1 aromatic heterocycles. The van der Waals surface area contributed by atoms with E-state index in [0.717, 1.165) is 18.7 Å². The predicted molar refractivity (Wildman–Crippen MR) is 74.7 cm³/mol. The first kappa shape index (κ1) is 14.1. The average Bonchev–Trinajstić information content (AvgIpc) is 2.74. The van der Waals surface area contributed by atoms with Gasteiger partial charge in [-0.3, -0.25) is 9.48 Å². The summed E-state index contributed by atoms with van der Waals surface area (Å²) in [6.45, 7) is 7.63. The molecule has 1 aromatic rings. The van der Waals surface area contributed by atoms with Crippen molar-refractivity contribution in [2.45, 2.75) is 52.1 Å². The number of hydrogen-bond donors (Lipinski definition) is 1. The minimum Gasteiger partial charge on any atom is -0.336 e. The van der Waals surface area contributed by atoms with Crippen LogP contribution >= 0.6 is 0 Å². The maximum atomic E-state index is 12.2. The number of aromatic nitrogens is 2. The zero-order valence-electron chi connectivity index (χ0n) is 12.3. The third-order valence-electron chi connectivity index (χ3n) is 3.89. The van der Waals surface area contributed by atoms with Gasteiger partial charge in [-0.05, 0) is 12.3 Å². The Morgan fingerprint density at radius 1 is 1.47 bits per heavy atom. The van der Waals surface area contributed by atoms with Gasteiger partial charge in [0.15, 0.2) is 0 Å². The molecule has 2 heterocycles. The molecular weight excluding hydrogens is 240 g/mol. The van der Waals surface area contributed by atoms with Crippen molar-refractivity contribution in [1.29, 1.82) is 0 Å². The van der Waals surface area contributed by atoms with E-state index in [4.69, 9.17) is 5.73 Å². The molecule has 1 atom stereocenters. The van der Waals surface area contributed by atoms with Gasteiger partial charge in [0.1, 0.15) is 0 Å². The van der Waals surface area contributed by atoms with Crippen LogP contribution in [0.5, 0.6) is 0 Å². The van der Waals surface area contributed by atoms with Crippen LogP contribution in [-0.2, 0) is 24.8 Å². The monoisotopic (exact) mass is 264 g/mol. The third-order valence-corrected chi connectivity index (χ3v) is 3.89. The summed E-state index contributed by atoms with van der Waals surface area (Å²) in [7, 11) is 1.99. The molecule has 0 aliphatic carbocycles. The summed E-state index contributed by atoms with van der Waals surface area (Å²) in [4.78, 5) is 14.1. The Hall–Kier alpha value is -1.36. The summed E-state index contributed by atoms with van der Waals surface area (Å²) in [6.07, 6.45) is 1.56. The molecule has 1 aliphatic heterocycles. The number of fused-ring (bicyclic) bond motifs is 1. The number of nitrogens with zero attached hydrogens (tertiary/aromatic N) is 3. The highest BCUT2D eigenvalue weighted by Gasteiger charge is 2.29. The highest BCUT2D eigenvalue weighted by Crippen LogP contribution is 2.27. The maximum Gasteiger partial charge on any atom is 0.239 e. The van der Waals surface area contributed by atoms with Crippen molar-refractivity contribution in [2.24, 2.45) is 12.8 Å². The molecule has 0 radical (unpaired) electrons. The van der Waals surface area contributed by atoms with Crippen LogP contribution in [0.3, 0.4) is 0 Å². The van der Waals surface area contributed by atoms with E-state index in [-0.39, 0.29) is 11.9 Å². The number of hydrogen-bond acceptors (Lipinski definition) is 3. The van der Waals surface area contributed by atoms with Crippen LogP contribution in [0, 0.1) is 0 Å². The largest absolute Gasteiger partial charge is 0.336 e. The summed E-state index contributed by atoms with van der Waals surface area (Å²) in [5.41, 5.74) is 9.45. The van der Waals surface area contributed by atoms with Gasteiger partial charge in [0, 0.05) is 37.8 Å². The minimum absolute atomic E-state index is 0.0618. The van der Waals surface area contributed by atoms with Gasteiger partial charge < -0.3 is 10.6 Å². The molecule has 0 saturated heterocycles. The molecule has 2 N–H and O–H groups in total. The predicted octanol–water partition coefficient (Wildman–Crippen LogP) is 1.17. The molecule has 0 aromatic carbocycles. The summed E-state index contributed by atoms with van der Waals surface area (Å²) in [6, 6.07) is -0.374. The van der Waals surface area contributed by atoms with Crippen LogP contribution < -0.4 is 5.73 Å². The summed E-state index contributed by atoms with van der Waals surface area (Å²) in [5.74, 6) is 0.441. The molecule has 5 heteroatoms. The van der Waals surface area contributed by atoms with Gasteiger partial charge in [0.2, 0.25) is 5.91 Å². The Balaban J connectivity index is 2.26. The second-order valence-electron chi connectivity index (χ2n) is 5.61. The van der Waals surface area contributed by atoms with Crippen LogP contribution in [0.1, 0.15) is 50.1 Å². The Kier molecular flexibility index (Phi) is 3.94. The van der Waals surface area contributed by atoms with Crippen molar-refractivity contribution in [2.75, 3.05) is 6.54 Å². The van der Waals surface area contributed by atoms with E-state index in [0.29, 0.717) is 18.9 Å². The second-order valence-corrected chi connectivity index (χ2v) is 5.61. The average molecular weight is 264 g/mol. The lowest BCUT2D eigenvalue weighted by atomic mass is 9.98. The number of carbonyl (C=O) groups excluding carboxylic acids is 1. The third kappa shape index (κ3) is 2.52. The van der Waals surface area contributed by atoms with Gasteiger partial charge in [0.05, 0.1) is 11.7 Å². The van der Waals surface area contributed by atoms with E-state index in [2.05, 4.69) is 18.9 Å². The fraction of sp³-hybridized carbons (Fsp3) is 0.714. The molecule has 106 valence electrons. The zero-order chi connectivity index (χ0) is 14.2. The lowest BCUT2D eigenvalue weighted by Gasteiger charge is -2.30. The van der Waals surface area contributed by atoms with Gasteiger partial charge in [-0.25, -0.2) is 0 Å². The molecule has 1 aliphatic rings. The normalized spacial score (nSPS) is 16.6. The smallest absolute Gasteiger partial charge is 0.239 e. The van der Waals surface area contributed by atoms with Gasteiger partial charge >= 0.3 is 0 Å². The molecule has 0 fully saturated rings. The van der Waals surface area contributed by atoms with Crippen LogP contribution in [0.25, 0.3) is 0 Å². The quantitative estimate of drug-likeness (QED) is 0.891. The van der Waals surface area contributed by atoms with Gasteiger partial charge in [-0.1, -0.05) is 20.8 Å². The molecule has 5 nitrogen and oxygen atoms in total. The van der Waals surface area contributed by atoms with E-state index in [1.807, 2.05) is 23.6 Å². The van der Waals surface area contributed by atoms with Crippen molar-refractivity contribution >= 4 is 5.91 Å². The minimum atomic E-state index is -0.374. The van der Waals surface area contributed by atoms with E-state index >= 15 is 0 Å². The Labute approximate surface area is 114 Å². The van der Waals surface area contributed by atoms with Crippen LogP contribution in [0.15, 0.2) is 0 Å². The van der Waals surface area contributed by atoms with Gasteiger partial charge in [-0.15, -0.1) is 0 Å². The SMILES string of the molecule is CCC(N)C(=O)N1CCc2c(c(C(C)C)nn2C)C1. The van der Waals surface area contributed by atoms with Crippen molar-refractivity contribution < 1.29 is 4.79 Å². The fourth-order valence-electron chi connectivity index (χ4n) is 2.68. The lowest BCUT2D eigenvalue weighted by Crippen LogP contribution is -2.45. The molecule has 0 bridgehead atoms. The topological polar surface area (TPSA) is 64.2 Å². The Morgan fingerprint density at radius 2 is 2.16 bits per heavy atom.